The Bertz CT molecular complexity index is 782. The minimum Gasteiger partial charge on any atom is -0.496 e. The first-order valence-electron chi connectivity index (χ1n) is 8.11. The molecule has 6 heteroatoms. The van der Waals surface area contributed by atoms with Crippen molar-refractivity contribution in [2.45, 2.75) is 37.5 Å². The van der Waals surface area contributed by atoms with E-state index in [4.69, 9.17) is 4.74 Å². The van der Waals surface area contributed by atoms with Gasteiger partial charge < -0.3 is 4.74 Å². The monoisotopic (exact) mass is 365 g/mol. The van der Waals surface area contributed by atoms with E-state index in [1.165, 1.54) is 5.56 Å². The molecule has 1 aromatic heterocycles. The average Bonchev–Trinajstić information content (AvgIpc) is 3.09. The Balaban J connectivity index is 1.80. The van der Waals surface area contributed by atoms with E-state index in [0.717, 1.165) is 29.7 Å². The number of hydrogen-bond acceptors (Lipinski definition) is 4. The number of rotatable bonds is 4. The first-order valence-corrected chi connectivity index (χ1v) is 10.5. The van der Waals surface area contributed by atoms with Gasteiger partial charge in [-0.2, -0.15) is 15.6 Å². The topological polar surface area (TPSA) is 46.6 Å². The highest BCUT2D eigenvalue weighted by atomic mass is 32.2. The molecule has 3 rings (SSSR count). The minimum atomic E-state index is -3.44. The Morgan fingerprint density at radius 3 is 2.29 bits per heavy atom. The number of ether oxygens (including phenoxy) is 1. The summed E-state index contributed by atoms with van der Waals surface area (Å²) in [5, 5.41) is 4.26. The summed E-state index contributed by atoms with van der Waals surface area (Å²) in [7, 11) is -1.83. The summed E-state index contributed by atoms with van der Waals surface area (Å²) < 4.78 is 32.9. The fourth-order valence-electron chi connectivity index (χ4n) is 3.47. The van der Waals surface area contributed by atoms with Crippen LogP contribution in [0.5, 0.6) is 5.75 Å². The SMILES string of the molecule is COc1c(C)cc(S(=O)(=O)N2CCC(c3ccsc3)CC2)cc1C. The van der Waals surface area contributed by atoms with E-state index in [9.17, 15) is 8.42 Å². The quantitative estimate of drug-likeness (QED) is 0.824. The lowest BCUT2D eigenvalue weighted by atomic mass is 9.92. The molecule has 24 heavy (non-hydrogen) atoms. The molecule has 0 N–H and O–H groups in total. The van der Waals surface area contributed by atoms with Crippen molar-refractivity contribution in [1.82, 2.24) is 4.31 Å². The number of thiophene rings is 1. The molecule has 2 aromatic rings. The van der Waals surface area contributed by atoms with Crippen molar-refractivity contribution >= 4 is 21.4 Å². The molecule has 1 aliphatic heterocycles. The molecular formula is C18H23NO3S2. The number of sulfonamides is 1. The molecule has 0 bridgehead atoms. The Morgan fingerprint density at radius 1 is 1.17 bits per heavy atom. The first kappa shape index (κ1) is 17.5. The van der Waals surface area contributed by atoms with Crippen LogP contribution in [0.2, 0.25) is 0 Å². The molecule has 0 atom stereocenters. The zero-order valence-electron chi connectivity index (χ0n) is 14.3. The van der Waals surface area contributed by atoms with Crippen LogP contribution in [0.4, 0.5) is 0 Å². The van der Waals surface area contributed by atoms with Gasteiger partial charge in [0.2, 0.25) is 10.0 Å². The second kappa shape index (κ2) is 6.86. The van der Waals surface area contributed by atoms with Crippen LogP contribution in [0.15, 0.2) is 33.9 Å². The third-order valence-corrected chi connectivity index (χ3v) is 7.32. The first-order chi connectivity index (χ1) is 11.4. The molecule has 1 fully saturated rings. The van der Waals surface area contributed by atoms with Crippen molar-refractivity contribution in [3.05, 3.63) is 45.6 Å². The molecule has 4 nitrogen and oxygen atoms in total. The van der Waals surface area contributed by atoms with Gasteiger partial charge in [0.05, 0.1) is 12.0 Å². The van der Waals surface area contributed by atoms with Crippen LogP contribution in [0, 0.1) is 13.8 Å². The number of benzene rings is 1. The Kier molecular flexibility index (Phi) is 4.99. The van der Waals surface area contributed by atoms with Crippen LogP contribution in [0.25, 0.3) is 0 Å². The van der Waals surface area contributed by atoms with Gasteiger partial charge in [0, 0.05) is 13.1 Å². The summed E-state index contributed by atoms with van der Waals surface area (Å²) in [6, 6.07) is 5.58. The van der Waals surface area contributed by atoms with Crippen molar-refractivity contribution in [1.29, 1.82) is 0 Å². The van der Waals surface area contributed by atoms with E-state index in [-0.39, 0.29) is 0 Å². The van der Waals surface area contributed by atoms with Gasteiger partial charge in [-0.25, -0.2) is 8.42 Å². The molecule has 0 radical (unpaired) electrons. The highest BCUT2D eigenvalue weighted by Gasteiger charge is 2.30. The van der Waals surface area contributed by atoms with E-state index in [2.05, 4.69) is 16.8 Å². The van der Waals surface area contributed by atoms with Gasteiger partial charge in [-0.1, -0.05) is 0 Å². The van der Waals surface area contributed by atoms with Crippen molar-refractivity contribution in [2.75, 3.05) is 20.2 Å². The fourth-order valence-corrected chi connectivity index (χ4v) is 5.85. The summed E-state index contributed by atoms with van der Waals surface area (Å²) >= 11 is 1.70. The lowest BCUT2D eigenvalue weighted by Gasteiger charge is -2.31. The largest absolute Gasteiger partial charge is 0.496 e. The van der Waals surface area contributed by atoms with E-state index < -0.39 is 10.0 Å². The minimum absolute atomic E-state index is 0.368. The van der Waals surface area contributed by atoms with E-state index in [1.54, 1.807) is 34.9 Å². The van der Waals surface area contributed by atoms with Crippen LogP contribution < -0.4 is 4.74 Å². The van der Waals surface area contributed by atoms with E-state index >= 15 is 0 Å². The number of hydrogen-bond donors (Lipinski definition) is 0. The number of aryl methyl sites for hydroxylation is 2. The maximum absolute atomic E-state index is 13.0. The molecule has 1 aromatic carbocycles. The average molecular weight is 366 g/mol. The van der Waals surface area contributed by atoms with E-state index in [1.807, 2.05) is 13.8 Å². The van der Waals surface area contributed by atoms with Crippen molar-refractivity contribution in [2.24, 2.45) is 0 Å². The molecular weight excluding hydrogens is 342 g/mol. The molecule has 0 spiro atoms. The van der Waals surface area contributed by atoms with Crippen molar-refractivity contribution in [3.63, 3.8) is 0 Å². The molecule has 0 aliphatic carbocycles. The Labute approximate surface area is 148 Å². The molecule has 1 saturated heterocycles. The molecule has 1 aliphatic rings. The highest BCUT2D eigenvalue weighted by Crippen LogP contribution is 2.33. The normalized spacial score (nSPS) is 17.1. The Morgan fingerprint density at radius 2 is 1.79 bits per heavy atom. The highest BCUT2D eigenvalue weighted by molar-refractivity contribution is 7.89. The predicted molar refractivity (Wildman–Crippen MR) is 97.5 cm³/mol. The van der Waals surface area contributed by atoms with Gasteiger partial charge in [0.15, 0.2) is 0 Å². The maximum Gasteiger partial charge on any atom is 0.243 e. The predicted octanol–water partition coefficient (Wildman–Crippen LogP) is 3.94. The smallest absolute Gasteiger partial charge is 0.243 e. The zero-order chi connectivity index (χ0) is 17.3. The van der Waals surface area contributed by atoms with Crippen LogP contribution in [0.3, 0.4) is 0 Å². The summed E-state index contributed by atoms with van der Waals surface area (Å²) in [4.78, 5) is 0.368. The summed E-state index contributed by atoms with van der Waals surface area (Å²) in [5.41, 5.74) is 3.04. The molecule has 0 saturated carbocycles. The second-order valence-electron chi connectivity index (χ2n) is 6.33. The third-order valence-electron chi connectivity index (χ3n) is 4.74. The van der Waals surface area contributed by atoms with Crippen molar-refractivity contribution < 1.29 is 13.2 Å². The van der Waals surface area contributed by atoms with Crippen molar-refractivity contribution in [3.8, 4) is 5.75 Å². The second-order valence-corrected chi connectivity index (χ2v) is 9.04. The lowest BCUT2D eigenvalue weighted by Crippen LogP contribution is -2.37. The third kappa shape index (κ3) is 3.23. The van der Waals surface area contributed by atoms with Crippen LogP contribution in [-0.4, -0.2) is 32.9 Å². The van der Waals surface area contributed by atoms with Gasteiger partial charge in [0.25, 0.3) is 0 Å². The number of methoxy groups -OCH3 is 1. The van der Waals surface area contributed by atoms with Crippen LogP contribution in [-0.2, 0) is 10.0 Å². The molecule has 0 amide bonds. The summed E-state index contributed by atoms with van der Waals surface area (Å²) in [6.07, 6.45) is 1.76. The fraction of sp³-hybridized carbons (Fsp3) is 0.444. The van der Waals surface area contributed by atoms with Gasteiger partial charge >= 0.3 is 0 Å². The summed E-state index contributed by atoms with van der Waals surface area (Å²) in [6.45, 7) is 4.92. The molecule has 2 heterocycles. The number of nitrogens with zero attached hydrogens (tertiary/aromatic N) is 1. The maximum atomic E-state index is 13.0. The van der Waals surface area contributed by atoms with Gasteiger partial charge in [-0.15, -0.1) is 0 Å². The zero-order valence-corrected chi connectivity index (χ0v) is 15.9. The van der Waals surface area contributed by atoms with Gasteiger partial charge in [-0.05, 0) is 78.3 Å². The van der Waals surface area contributed by atoms with Crippen LogP contribution >= 0.6 is 11.3 Å². The van der Waals surface area contributed by atoms with Gasteiger partial charge in [0.1, 0.15) is 5.75 Å². The molecule has 0 unspecified atom stereocenters. The molecule has 130 valence electrons. The van der Waals surface area contributed by atoms with Gasteiger partial charge in [-0.3, -0.25) is 0 Å². The standard InChI is InChI=1S/C18H23NO3S2/c1-13-10-17(11-14(2)18(13)22-3)24(20,21)19-7-4-15(5-8-19)16-6-9-23-12-16/h6,9-12,15H,4-5,7-8H2,1-3H3. The van der Waals surface area contributed by atoms with Crippen LogP contribution in [0.1, 0.15) is 35.4 Å². The Hall–Kier alpha value is -1.37. The lowest BCUT2D eigenvalue weighted by molar-refractivity contribution is 0.319. The van der Waals surface area contributed by atoms with E-state index in [0.29, 0.717) is 23.9 Å². The number of piperidine rings is 1. The summed E-state index contributed by atoms with van der Waals surface area (Å²) in [5.74, 6) is 1.23.